The smallest absolute Gasteiger partial charge is 0.313 e. The Hall–Kier alpha value is -1.38. The quantitative estimate of drug-likeness (QED) is 0.274. The maximum absolute atomic E-state index is 11.0. The highest BCUT2D eigenvalue weighted by Gasteiger charge is 2.05. The Morgan fingerprint density at radius 2 is 2.08 bits per heavy atom. The van der Waals surface area contributed by atoms with Crippen molar-refractivity contribution in [2.24, 2.45) is 0 Å². The van der Waals surface area contributed by atoms with E-state index in [0.717, 1.165) is 5.57 Å². The minimum absolute atomic E-state index is 0.207. The molecular weight excluding hydrogens is 156 g/mol. The van der Waals surface area contributed by atoms with Crippen LogP contribution in [-0.4, -0.2) is 18.9 Å². The highest BCUT2D eigenvalue weighted by molar-refractivity contribution is 6.02. The molecule has 0 aromatic heterocycles. The van der Waals surface area contributed by atoms with Gasteiger partial charge in [-0.05, 0) is 18.6 Å². The van der Waals surface area contributed by atoms with E-state index in [-0.39, 0.29) is 12.2 Å². The van der Waals surface area contributed by atoms with Crippen LogP contribution in [-0.2, 0) is 14.3 Å². The standard InChI is InChI=1S/C9H12O3/c1-4-7(2)5-8(10)6-9(11)12-3/h4-5H,1,6H2,2-3H3/b7-5-. The maximum Gasteiger partial charge on any atom is 0.313 e. The van der Waals surface area contributed by atoms with Gasteiger partial charge in [-0.2, -0.15) is 0 Å². The predicted molar refractivity (Wildman–Crippen MR) is 45.6 cm³/mol. The molecule has 66 valence electrons. The molecule has 3 heteroatoms. The monoisotopic (exact) mass is 168 g/mol. The van der Waals surface area contributed by atoms with E-state index in [1.54, 1.807) is 13.0 Å². The Labute approximate surface area is 71.7 Å². The second kappa shape index (κ2) is 5.29. The van der Waals surface area contributed by atoms with E-state index in [2.05, 4.69) is 11.3 Å². The third-order valence-electron chi connectivity index (χ3n) is 1.26. The molecule has 0 saturated carbocycles. The molecule has 0 N–H and O–H groups in total. The minimum Gasteiger partial charge on any atom is -0.469 e. The zero-order valence-electron chi connectivity index (χ0n) is 7.29. The Morgan fingerprint density at radius 1 is 1.50 bits per heavy atom. The number of hydrogen-bond donors (Lipinski definition) is 0. The summed E-state index contributed by atoms with van der Waals surface area (Å²) in [6.45, 7) is 5.21. The summed E-state index contributed by atoms with van der Waals surface area (Å²) in [5.74, 6) is -0.785. The van der Waals surface area contributed by atoms with Crippen molar-refractivity contribution in [2.75, 3.05) is 7.11 Å². The third kappa shape index (κ3) is 4.44. The van der Waals surface area contributed by atoms with Gasteiger partial charge in [0.1, 0.15) is 6.42 Å². The summed E-state index contributed by atoms with van der Waals surface area (Å²) in [6.07, 6.45) is 2.71. The number of esters is 1. The Bertz CT molecular complexity index is 226. The molecule has 0 atom stereocenters. The molecule has 0 aromatic carbocycles. The molecule has 12 heavy (non-hydrogen) atoms. The molecule has 0 unspecified atom stereocenters. The lowest BCUT2D eigenvalue weighted by Gasteiger charge is -1.94. The fraction of sp³-hybridized carbons (Fsp3) is 0.333. The van der Waals surface area contributed by atoms with Crippen molar-refractivity contribution in [1.82, 2.24) is 0 Å². The van der Waals surface area contributed by atoms with Gasteiger partial charge in [0.2, 0.25) is 0 Å². The molecule has 0 aliphatic carbocycles. The van der Waals surface area contributed by atoms with Gasteiger partial charge in [0.15, 0.2) is 5.78 Å². The molecule has 0 saturated heterocycles. The summed E-state index contributed by atoms with van der Waals surface area (Å²) in [4.78, 5) is 21.6. The molecule has 3 nitrogen and oxygen atoms in total. The van der Waals surface area contributed by atoms with Gasteiger partial charge in [0.25, 0.3) is 0 Å². The lowest BCUT2D eigenvalue weighted by Crippen LogP contribution is -2.06. The zero-order valence-corrected chi connectivity index (χ0v) is 7.29. The molecule has 0 spiro atoms. The predicted octanol–water partition coefficient (Wildman–Crippen LogP) is 1.25. The topological polar surface area (TPSA) is 43.4 Å². The van der Waals surface area contributed by atoms with Crippen molar-refractivity contribution in [3.05, 3.63) is 24.3 Å². The summed E-state index contributed by atoms with van der Waals surface area (Å²) >= 11 is 0. The van der Waals surface area contributed by atoms with Gasteiger partial charge in [-0.25, -0.2) is 0 Å². The lowest BCUT2D eigenvalue weighted by atomic mass is 10.2. The summed E-state index contributed by atoms with van der Waals surface area (Å²) in [5, 5.41) is 0. The van der Waals surface area contributed by atoms with E-state index in [9.17, 15) is 9.59 Å². The normalized spacial score (nSPS) is 10.7. The molecule has 0 aliphatic heterocycles. The minimum atomic E-state index is -0.520. The van der Waals surface area contributed by atoms with E-state index < -0.39 is 5.97 Å². The lowest BCUT2D eigenvalue weighted by molar-refractivity contribution is -0.142. The van der Waals surface area contributed by atoms with E-state index in [4.69, 9.17) is 0 Å². The summed E-state index contributed by atoms with van der Waals surface area (Å²) in [5.41, 5.74) is 0.740. The number of allylic oxidation sites excluding steroid dienone is 3. The summed E-state index contributed by atoms with van der Waals surface area (Å²) in [7, 11) is 1.25. The highest BCUT2D eigenvalue weighted by Crippen LogP contribution is 1.96. The molecule has 0 amide bonds. The Morgan fingerprint density at radius 3 is 2.50 bits per heavy atom. The van der Waals surface area contributed by atoms with Crippen LogP contribution in [0.4, 0.5) is 0 Å². The van der Waals surface area contributed by atoms with Crippen LogP contribution in [0, 0.1) is 0 Å². The highest BCUT2D eigenvalue weighted by atomic mass is 16.5. The van der Waals surface area contributed by atoms with E-state index in [0.29, 0.717) is 0 Å². The van der Waals surface area contributed by atoms with Crippen LogP contribution >= 0.6 is 0 Å². The molecule has 0 fully saturated rings. The first-order valence-electron chi connectivity index (χ1n) is 3.50. The van der Waals surface area contributed by atoms with Crippen molar-refractivity contribution in [3.63, 3.8) is 0 Å². The first-order valence-corrected chi connectivity index (χ1v) is 3.50. The van der Waals surface area contributed by atoms with Gasteiger partial charge in [-0.15, -0.1) is 0 Å². The van der Waals surface area contributed by atoms with Crippen molar-refractivity contribution in [1.29, 1.82) is 0 Å². The SMILES string of the molecule is C=C/C(C)=C\C(=O)CC(=O)OC. The van der Waals surface area contributed by atoms with Gasteiger partial charge >= 0.3 is 5.97 Å². The van der Waals surface area contributed by atoms with Crippen molar-refractivity contribution in [3.8, 4) is 0 Å². The van der Waals surface area contributed by atoms with Gasteiger partial charge < -0.3 is 4.74 Å². The van der Waals surface area contributed by atoms with Crippen molar-refractivity contribution < 1.29 is 14.3 Å². The van der Waals surface area contributed by atoms with Crippen molar-refractivity contribution in [2.45, 2.75) is 13.3 Å². The number of rotatable bonds is 4. The fourth-order valence-corrected chi connectivity index (χ4v) is 0.578. The summed E-state index contributed by atoms with van der Waals surface area (Å²) < 4.78 is 4.32. The number of methoxy groups -OCH3 is 1. The van der Waals surface area contributed by atoms with Gasteiger partial charge in [0, 0.05) is 0 Å². The number of ketones is 1. The van der Waals surface area contributed by atoms with Gasteiger partial charge in [-0.1, -0.05) is 12.7 Å². The van der Waals surface area contributed by atoms with Crippen LogP contribution in [0.25, 0.3) is 0 Å². The van der Waals surface area contributed by atoms with Gasteiger partial charge in [-0.3, -0.25) is 9.59 Å². The second-order valence-corrected chi connectivity index (χ2v) is 2.31. The molecule has 0 aliphatic rings. The van der Waals surface area contributed by atoms with Crippen LogP contribution in [0.15, 0.2) is 24.3 Å². The Kier molecular flexibility index (Phi) is 4.69. The van der Waals surface area contributed by atoms with Crippen LogP contribution in [0.1, 0.15) is 13.3 Å². The number of ether oxygens (including phenoxy) is 1. The van der Waals surface area contributed by atoms with E-state index in [1.807, 2.05) is 0 Å². The third-order valence-corrected chi connectivity index (χ3v) is 1.26. The summed E-state index contributed by atoms with van der Waals surface area (Å²) in [6, 6.07) is 0. The van der Waals surface area contributed by atoms with Crippen LogP contribution in [0.5, 0.6) is 0 Å². The van der Waals surface area contributed by atoms with Crippen LogP contribution in [0.2, 0.25) is 0 Å². The molecule has 0 aromatic rings. The molecule has 0 bridgehead atoms. The number of carbonyl (C=O) groups excluding carboxylic acids is 2. The van der Waals surface area contributed by atoms with E-state index >= 15 is 0 Å². The average molecular weight is 168 g/mol. The largest absolute Gasteiger partial charge is 0.469 e. The molecule has 0 radical (unpaired) electrons. The zero-order chi connectivity index (χ0) is 9.56. The van der Waals surface area contributed by atoms with Crippen LogP contribution < -0.4 is 0 Å². The first-order chi connectivity index (χ1) is 5.60. The van der Waals surface area contributed by atoms with Gasteiger partial charge in [0.05, 0.1) is 7.11 Å². The molecule has 0 heterocycles. The Balaban J connectivity index is 4.06. The maximum atomic E-state index is 11.0. The molecule has 0 rings (SSSR count). The van der Waals surface area contributed by atoms with Crippen LogP contribution in [0.3, 0.4) is 0 Å². The van der Waals surface area contributed by atoms with Crippen molar-refractivity contribution >= 4 is 11.8 Å². The number of hydrogen-bond acceptors (Lipinski definition) is 3. The number of carbonyl (C=O) groups is 2. The second-order valence-electron chi connectivity index (χ2n) is 2.31. The first kappa shape index (κ1) is 10.6. The molecular formula is C9H12O3. The fourth-order valence-electron chi connectivity index (χ4n) is 0.578. The average Bonchev–Trinajstić information content (AvgIpc) is 2.03. The van der Waals surface area contributed by atoms with E-state index in [1.165, 1.54) is 13.2 Å².